The van der Waals surface area contributed by atoms with Crippen LogP contribution < -0.4 is 5.32 Å². The lowest BCUT2D eigenvalue weighted by Gasteiger charge is -2.22. The second-order valence-corrected chi connectivity index (χ2v) is 7.71. The number of fused-ring (bicyclic) bond motifs is 3. The molecule has 1 aliphatic rings. The van der Waals surface area contributed by atoms with E-state index < -0.39 is 36.3 Å². The van der Waals surface area contributed by atoms with E-state index in [1.54, 1.807) is 0 Å². The van der Waals surface area contributed by atoms with E-state index in [1.807, 2.05) is 48.5 Å². The number of ether oxygens (including phenoxy) is 1. The molecule has 33 heavy (non-hydrogen) atoms. The molecule has 170 valence electrons. The van der Waals surface area contributed by atoms with Crippen LogP contribution in [0.3, 0.4) is 0 Å². The van der Waals surface area contributed by atoms with Crippen molar-refractivity contribution in [2.45, 2.75) is 24.6 Å². The van der Waals surface area contributed by atoms with Crippen molar-refractivity contribution in [2.75, 3.05) is 6.61 Å². The van der Waals surface area contributed by atoms with Crippen LogP contribution in [-0.4, -0.2) is 23.8 Å². The van der Waals surface area contributed by atoms with Crippen LogP contribution in [0.15, 0.2) is 72.8 Å². The van der Waals surface area contributed by atoms with Crippen molar-refractivity contribution in [1.29, 1.82) is 0 Å². The van der Waals surface area contributed by atoms with Crippen molar-refractivity contribution >= 4 is 12.1 Å². The SMILES string of the molecule is O=C(O)C[C@@H](NC(=O)OCC1c2ccccc2-c2ccccc21)c1ccccc1C(F)(F)F. The first-order valence-corrected chi connectivity index (χ1v) is 10.2. The Morgan fingerprint density at radius 3 is 2.03 bits per heavy atom. The molecular weight excluding hydrogens is 435 g/mol. The molecule has 3 aromatic carbocycles. The Labute approximate surface area is 187 Å². The summed E-state index contributed by atoms with van der Waals surface area (Å²) in [6, 6.07) is 18.6. The fourth-order valence-corrected chi connectivity index (χ4v) is 4.25. The summed E-state index contributed by atoms with van der Waals surface area (Å²) >= 11 is 0. The van der Waals surface area contributed by atoms with E-state index in [0.717, 1.165) is 34.4 Å². The van der Waals surface area contributed by atoms with Crippen LogP contribution in [0.1, 0.15) is 40.6 Å². The Bertz CT molecular complexity index is 1150. The minimum absolute atomic E-state index is 0.0411. The third-order valence-electron chi connectivity index (χ3n) is 5.66. The number of alkyl halides is 3. The molecule has 1 amide bonds. The number of benzene rings is 3. The topological polar surface area (TPSA) is 75.6 Å². The third-order valence-corrected chi connectivity index (χ3v) is 5.66. The number of hydrogen-bond donors (Lipinski definition) is 2. The molecule has 2 N–H and O–H groups in total. The molecule has 0 unspecified atom stereocenters. The van der Waals surface area contributed by atoms with Crippen LogP contribution in [0, 0.1) is 0 Å². The van der Waals surface area contributed by atoms with Crippen LogP contribution in [0.25, 0.3) is 11.1 Å². The summed E-state index contributed by atoms with van der Waals surface area (Å²) in [6.45, 7) is -0.0411. The van der Waals surface area contributed by atoms with Gasteiger partial charge in [-0.1, -0.05) is 66.7 Å². The second-order valence-electron chi connectivity index (χ2n) is 7.71. The molecule has 0 saturated carbocycles. The first-order chi connectivity index (χ1) is 15.8. The molecule has 8 heteroatoms. The number of hydrogen-bond acceptors (Lipinski definition) is 3. The number of carbonyl (C=O) groups is 2. The molecule has 5 nitrogen and oxygen atoms in total. The minimum Gasteiger partial charge on any atom is -0.481 e. The Hall–Kier alpha value is -3.81. The van der Waals surface area contributed by atoms with Gasteiger partial charge in [0.2, 0.25) is 0 Å². The Kier molecular flexibility index (Phi) is 6.09. The predicted molar refractivity (Wildman–Crippen MR) is 115 cm³/mol. The highest BCUT2D eigenvalue weighted by molar-refractivity contribution is 5.79. The highest BCUT2D eigenvalue weighted by Crippen LogP contribution is 2.44. The van der Waals surface area contributed by atoms with Gasteiger partial charge in [-0.3, -0.25) is 4.79 Å². The van der Waals surface area contributed by atoms with Gasteiger partial charge in [-0.25, -0.2) is 4.79 Å². The average molecular weight is 455 g/mol. The molecule has 0 bridgehead atoms. The summed E-state index contributed by atoms with van der Waals surface area (Å²) in [5.74, 6) is -1.58. The average Bonchev–Trinajstić information content (AvgIpc) is 3.10. The molecule has 0 heterocycles. The standard InChI is InChI=1S/C25H20F3NO4/c26-25(27,28)21-12-6-5-11-19(21)22(13-23(30)31)29-24(32)33-14-20-17-9-3-1-7-15(17)16-8-2-4-10-18(16)20/h1-12,20,22H,13-14H2,(H,29,32)(H,30,31)/t22-/m1/s1. The van der Waals surface area contributed by atoms with Gasteiger partial charge in [0.1, 0.15) is 6.61 Å². The van der Waals surface area contributed by atoms with Gasteiger partial charge < -0.3 is 15.2 Å². The number of alkyl carbamates (subject to hydrolysis) is 1. The number of nitrogens with one attached hydrogen (secondary N) is 1. The molecule has 3 aromatic rings. The van der Waals surface area contributed by atoms with E-state index in [1.165, 1.54) is 12.1 Å². The Morgan fingerprint density at radius 1 is 0.909 bits per heavy atom. The maximum absolute atomic E-state index is 13.4. The summed E-state index contributed by atoms with van der Waals surface area (Å²) in [6.07, 6.45) is -6.41. The molecule has 0 aliphatic heterocycles. The molecule has 0 fully saturated rings. The van der Waals surface area contributed by atoms with Gasteiger partial charge in [-0.15, -0.1) is 0 Å². The minimum atomic E-state index is -4.70. The predicted octanol–water partition coefficient (Wildman–Crippen LogP) is 5.76. The van der Waals surface area contributed by atoms with E-state index in [4.69, 9.17) is 4.74 Å². The summed E-state index contributed by atoms with van der Waals surface area (Å²) in [5, 5.41) is 11.5. The molecular formula is C25H20F3NO4. The number of carboxylic acid groups (broad SMARTS) is 1. The first kappa shape index (κ1) is 22.4. The number of amides is 1. The van der Waals surface area contributed by atoms with Crippen LogP contribution >= 0.6 is 0 Å². The highest BCUT2D eigenvalue weighted by Gasteiger charge is 2.36. The second kappa shape index (κ2) is 8.97. The normalized spacial score (nSPS) is 13.7. The van der Waals surface area contributed by atoms with Crippen molar-refractivity contribution in [1.82, 2.24) is 5.32 Å². The maximum Gasteiger partial charge on any atom is 0.416 e. The van der Waals surface area contributed by atoms with Crippen LogP contribution in [0.4, 0.5) is 18.0 Å². The molecule has 0 aromatic heterocycles. The lowest BCUT2D eigenvalue weighted by Crippen LogP contribution is -2.33. The number of rotatable bonds is 6. The molecule has 0 spiro atoms. The Morgan fingerprint density at radius 2 is 1.45 bits per heavy atom. The van der Waals surface area contributed by atoms with E-state index in [9.17, 15) is 27.9 Å². The van der Waals surface area contributed by atoms with Gasteiger partial charge in [0.15, 0.2) is 0 Å². The van der Waals surface area contributed by atoms with Gasteiger partial charge in [0.25, 0.3) is 0 Å². The fraction of sp³-hybridized carbons (Fsp3) is 0.200. The number of carboxylic acids is 1. The van der Waals surface area contributed by atoms with Crippen LogP contribution in [0.5, 0.6) is 0 Å². The maximum atomic E-state index is 13.4. The first-order valence-electron chi connectivity index (χ1n) is 10.2. The molecule has 0 radical (unpaired) electrons. The van der Waals surface area contributed by atoms with Crippen molar-refractivity contribution < 1.29 is 32.6 Å². The van der Waals surface area contributed by atoms with E-state index in [2.05, 4.69) is 5.32 Å². The number of carbonyl (C=O) groups excluding carboxylic acids is 1. The summed E-state index contributed by atoms with van der Waals surface area (Å²) in [4.78, 5) is 23.8. The van der Waals surface area contributed by atoms with E-state index >= 15 is 0 Å². The highest BCUT2D eigenvalue weighted by atomic mass is 19.4. The van der Waals surface area contributed by atoms with Gasteiger partial charge in [-0.2, -0.15) is 13.2 Å². The largest absolute Gasteiger partial charge is 0.481 e. The van der Waals surface area contributed by atoms with Crippen molar-refractivity contribution in [3.63, 3.8) is 0 Å². The lowest BCUT2D eigenvalue weighted by molar-refractivity contribution is -0.140. The summed E-state index contributed by atoms with van der Waals surface area (Å²) < 4.78 is 45.7. The van der Waals surface area contributed by atoms with Gasteiger partial charge in [-0.05, 0) is 33.9 Å². The third kappa shape index (κ3) is 4.69. The van der Waals surface area contributed by atoms with Crippen molar-refractivity contribution in [2.24, 2.45) is 0 Å². The number of aliphatic carboxylic acids is 1. The van der Waals surface area contributed by atoms with E-state index in [-0.39, 0.29) is 18.1 Å². The zero-order valence-electron chi connectivity index (χ0n) is 17.3. The zero-order valence-corrected chi connectivity index (χ0v) is 17.3. The fourth-order valence-electron chi connectivity index (χ4n) is 4.25. The smallest absolute Gasteiger partial charge is 0.416 e. The zero-order chi connectivity index (χ0) is 23.6. The Balaban J connectivity index is 1.53. The monoisotopic (exact) mass is 455 g/mol. The van der Waals surface area contributed by atoms with Crippen LogP contribution in [-0.2, 0) is 15.7 Å². The lowest BCUT2D eigenvalue weighted by atomic mass is 9.97. The number of halogens is 3. The summed E-state index contributed by atoms with van der Waals surface area (Å²) in [5.41, 5.74) is 2.69. The van der Waals surface area contributed by atoms with Gasteiger partial charge in [0, 0.05) is 5.92 Å². The van der Waals surface area contributed by atoms with Gasteiger partial charge >= 0.3 is 18.2 Å². The quantitative estimate of drug-likeness (QED) is 0.496. The van der Waals surface area contributed by atoms with Gasteiger partial charge in [0.05, 0.1) is 18.0 Å². The van der Waals surface area contributed by atoms with E-state index in [0.29, 0.717) is 0 Å². The molecule has 1 atom stereocenters. The van der Waals surface area contributed by atoms with Crippen LogP contribution in [0.2, 0.25) is 0 Å². The molecule has 4 rings (SSSR count). The van der Waals surface area contributed by atoms with Crippen molar-refractivity contribution in [3.05, 3.63) is 95.1 Å². The summed E-state index contributed by atoms with van der Waals surface area (Å²) in [7, 11) is 0. The molecule has 0 saturated heterocycles. The molecule has 1 aliphatic carbocycles. The van der Waals surface area contributed by atoms with Crippen molar-refractivity contribution in [3.8, 4) is 11.1 Å².